The van der Waals surface area contributed by atoms with E-state index in [4.69, 9.17) is 9.15 Å². The molecule has 0 saturated heterocycles. The summed E-state index contributed by atoms with van der Waals surface area (Å²) in [7, 11) is 1.61. The highest BCUT2D eigenvalue weighted by molar-refractivity contribution is 7.08. The first-order chi connectivity index (χ1) is 11.1. The summed E-state index contributed by atoms with van der Waals surface area (Å²) in [6.07, 6.45) is -0.288. The number of rotatable bonds is 5. The zero-order valence-electron chi connectivity index (χ0n) is 12.7. The average molecular weight is 328 g/mol. The van der Waals surface area contributed by atoms with Crippen molar-refractivity contribution in [3.63, 3.8) is 0 Å². The molecule has 0 atom stereocenters. The number of carbonyl (C=O) groups is 1. The van der Waals surface area contributed by atoms with Gasteiger partial charge in [-0.05, 0) is 42.1 Å². The number of oxazole rings is 1. The van der Waals surface area contributed by atoms with E-state index in [9.17, 15) is 9.90 Å². The van der Waals surface area contributed by atoms with Crippen molar-refractivity contribution in [3.8, 4) is 28.5 Å². The van der Waals surface area contributed by atoms with Gasteiger partial charge in [-0.3, -0.25) is 0 Å². The number of methoxy groups -OCH3 is 1. The van der Waals surface area contributed by atoms with Crippen molar-refractivity contribution in [1.29, 1.82) is 0 Å². The average Bonchev–Trinajstić information content (AvgIpc) is 3.15. The molecule has 0 aliphatic heterocycles. The molecule has 3 aromatic rings. The maximum Gasteiger partial charge on any atom is 0.227 e. The van der Waals surface area contributed by atoms with Crippen LogP contribution in [0.1, 0.15) is 11.3 Å². The Labute approximate surface area is 137 Å². The fourth-order valence-corrected chi connectivity index (χ4v) is 3.00. The van der Waals surface area contributed by atoms with Gasteiger partial charge in [0.2, 0.25) is 5.89 Å². The largest absolute Gasteiger partial charge is 0.550 e. The molecule has 0 aliphatic carbocycles. The molecule has 0 aliphatic rings. The van der Waals surface area contributed by atoms with E-state index in [1.807, 2.05) is 41.9 Å². The Balaban J connectivity index is 2.06. The van der Waals surface area contributed by atoms with Gasteiger partial charge >= 0.3 is 0 Å². The number of carboxylic acids is 1. The number of benzene rings is 1. The number of hydrogen-bond donors (Lipinski definition) is 0. The maximum absolute atomic E-state index is 11.0. The molecule has 2 heterocycles. The zero-order chi connectivity index (χ0) is 16.4. The molecule has 1 aromatic carbocycles. The number of thiophene rings is 1. The number of ether oxygens (including phenoxy) is 1. The molecule has 0 saturated carbocycles. The first-order valence-electron chi connectivity index (χ1n) is 6.95. The van der Waals surface area contributed by atoms with Gasteiger partial charge in [-0.25, -0.2) is 4.98 Å². The number of nitrogens with zero attached hydrogens (tertiary/aromatic N) is 1. The second-order valence-electron chi connectivity index (χ2n) is 5.04. The van der Waals surface area contributed by atoms with Crippen molar-refractivity contribution in [3.05, 3.63) is 46.3 Å². The lowest BCUT2D eigenvalue weighted by molar-refractivity contribution is -0.304. The van der Waals surface area contributed by atoms with Gasteiger partial charge < -0.3 is 19.1 Å². The lowest BCUT2D eigenvalue weighted by Gasteiger charge is -2.04. The summed E-state index contributed by atoms with van der Waals surface area (Å²) in [4.78, 5) is 15.3. The van der Waals surface area contributed by atoms with Crippen LogP contribution >= 0.6 is 11.3 Å². The Kier molecular flexibility index (Phi) is 4.16. The Morgan fingerprint density at radius 1 is 1.35 bits per heavy atom. The molecule has 23 heavy (non-hydrogen) atoms. The molecule has 2 aromatic heterocycles. The van der Waals surface area contributed by atoms with Crippen LogP contribution in [0.25, 0.3) is 22.8 Å². The van der Waals surface area contributed by atoms with Crippen LogP contribution in [0.2, 0.25) is 0 Å². The summed E-state index contributed by atoms with van der Waals surface area (Å²) in [6, 6.07) is 7.42. The summed E-state index contributed by atoms with van der Waals surface area (Å²) in [5, 5.41) is 14.8. The third-order valence-corrected chi connectivity index (χ3v) is 4.12. The smallest absolute Gasteiger partial charge is 0.227 e. The highest BCUT2D eigenvalue weighted by Crippen LogP contribution is 2.32. The number of aromatic nitrogens is 1. The third kappa shape index (κ3) is 3.12. The van der Waals surface area contributed by atoms with E-state index in [0.29, 0.717) is 17.3 Å². The predicted octanol–water partition coefficient (Wildman–Crippen LogP) is 2.68. The SMILES string of the molecule is COc1ccc(-c2nc(CC(=O)[O-])c(-c3ccsc3)o2)cc1C. The molecular formula is C17H14NO4S-. The normalized spacial score (nSPS) is 10.7. The quantitative estimate of drug-likeness (QED) is 0.720. The van der Waals surface area contributed by atoms with Gasteiger partial charge in [0.1, 0.15) is 5.75 Å². The summed E-state index contributed by atoms with van der Waals surface area (Å²) in [5.74, 6) is 0.438. The molecule has 3 rings (SSSR count). The van der Waals surface area contributed by atoms with Crippen LogP contribution < -0.4 is 9.84 Å². The number of aliphatic carboxylic acids is 1. The van der Waals surface area contributed by atoms with Crippen LogP contribution in [-0.4, -0.2) is 18.1 Å². The highest BCUT2D eigenvalue weighted by atomic mass is 32.1. The molecule has 118 valence electrons. The monoisotopic (exact) mass is 328 g/mol. The molecule has 0 bridgehead atoms. The van der Waals surface area contributed by atoms with Gasteiger partial charge in [-0.1, -0.05) is 0 Å². The third-order valence-electron chi connectivity index (χ3n) is 3.43. The lowest BCUT2D eigenvalue weighted by Crippen LogP contribution is -2.24. The summed E-state index contributed by atoms with van der Waals surface area (Å²) >= 11 is 1.51. The molecule has 5 nitrogen and oxygen atoms in total. The first-order valence-corrected chi connectivity index (χ1v) is 7.90. The molecule has 0 amide bonds. The fraction of sp³-hybridized carbons (Fsp3) is 0.176. The van der Waals surface area contributed by atoms with Crippen LogP contribution in [0.3, 0.4) is 0 Å². The number of hydrogen-bond acceptors (Lipinski definition) is 6. The molecule has 0 radical (unpaired) electrons. The van der Waals surface area contributed by atoms with E-state index in [1.54, 1.807) is 7.11 Å². The second kappa shape index (κ2) is 6.26. The first kappa shape index (κ1) is 15.3. The zero-order valence-corrected chi connectivity index (χ0v) is 13.5. The highest BCUT2D eigenvalue weighted by Gasteiger charge is 2.17. The Hall–Kier alpha value is -2.60. The van der Waals surface area contributed by atoms with Crippen molar-refractivity contribution >= 4 is 17.3 Å². The van der Waals surface area contributed by atoms with Gasteiger partial charge in [0.25, 0.3) is 0 Å². The Morgan fingerprint density at radius 3 is 2.78 bits per heavy atom. The molecule has 0 fully saturated rings. The van der Waals surface area contributed by atoms with Crippen molar-refractivity contribution in [2.45, 2.75) is 13.3 Å². The van der Waals surface area contributed by atoms with Gasteiger partial charge in [-0.2, -0.15) is 11.3 Å². The van der Waals surface area contributed by atoms with Crippen molar-refractivity contribution in [1.82, 2.24) is 4.98 Å². The van der Waals surface area contributed by atoms with Crippen LogP contribution in [0.5, 0.6) is 5.75 Å². The van der Waals surface area contributed by atoms with Gasteiger partial charge in [0, 0.05) is 28.9 Å². The van der Waals surface area contributed by atoms with E-state index >= 15 is 0 Å². The van der Waals surface area contributed by atoms with Crippen molar-refractivity contribution in [2.24, 2.45) is 0 Å². The maximum atomic E-state index is 11.0. The predicted molar refractivity (Wildman–Crippen MR) is 85.3 cm³/mol. The van der Waals surface area contributed by atoms with E-state index in [1.165, 1.54) is 11.3 Å². The molecule has 0 unspecified atom stereocenters. The van der Waals surface area contributed by atoms with E-state index in [2.05, 4.69) is 4.98 Å². The molecule has 0 spiro atoms. The Morgan fingerprint density at radius 2 is 2.17 bits per heavy atom. The lowest BCUT2D eigenvalue weighted by atomic mass is 10.1. The Bertz CT molecular complexity index is 836. The fourth-order valence-electron chi connectivity index (χ4n) is 2.36. The summed E-state index contributed by atoms with van der Waals surface area (Å²) in [5.41, 5.74) is 2.90. The van der Waals surface area contributed by atoms with E-state index < -0.39 is 5.97 Å². The minimum Gasteiger partial charge on any atom is -0.550 e. The molecule has 0 N–H and O–H groups in total. The van der Waals surface area contributed by atoms with Crippen LogP contribution in [0.4, 0.5) is 0 Å². The second-order valence-corrected chi connectivity index (χ2v) is 5.82. The van der Waals surface area contributed by atoms with Gasteiger partial charge in [-0.15, -0.1) is 0 Å². The molecule has 6 heteroatoms. The minimum absolute atomic E-state index is 0.288. The van der Waals surface area contributed by atoms with Crippen molar-refractivity contribution < 1.29 is 19.1 Å². The van der Waals surface area contributed by atoms with Gasteiger partial charge in [0.05, 0.1) is 12.8 Å². The van der Waals surface area contributed by atoms with Crippen molar-refractivity contribution in [2.75, 3.05) is 7.11 Å². The summed E-state index contributed by atoms with van der Waals surface area (Å²) in [6.45, 7) is 1.92. The summed E-state index contributed by atoms with van der Waals surface area (Å²) < 4.78 is 11.1. The standard InChI is InChI=1S/C17H15NO4S/c1-10-7-11(3-4-14(10)21-2)17-18-13(8-15(19)20)16(22-17)12-5-6-23-9-12/h3-7,9H,8H2,1-2H3,(H,19,20)/p-1. The number of aryl methyl sites for hydroxylation is 1. The number of carboxylic acid groups (broad SMARTS) is 1. The molecular weight excluding hydrogens is 314 g/mol. The van der Waals surface area contributed by atoms with E-state index in [0.717, 1.165) is 22.4 Å². The van der Waals surface area contributed by atoms with Crippen LogP contribution in [0, 0.1) is 6.92 Å². The van der Waals surface area contributed by atoms with E-state index in [-0.39, 0.29) is 6.42 Å². The van der Waals surface area contributed by atoms with Crippen LogP contribution in [-0.2, 0) is 11.2 Å². The topological polar surface area (TPSA) is 75.4 Å². The number of carbonyl (C=O) groups excluding carboxylic acids is 1. The van der Waals surface area contributed by atoms with Crippen LogP contribution in [0.15, 0.2) is 39.4 Å². The minimum atomic E-state index is -1.19. The van der Waals surface area contributed by atoms with Gasteiger partial charge in [0.15, 0.2) is 5.76 Å².